The number of carbonyl (C=O) groups excluding carboxylic acids is 1. The van der Waals surface area contributed by atoms with Crippen LogP contribution in [0.3, 0.4) is 0 Å². The number of rotatable bonds is 41. The molecule has 1 N–H and O–H groups in total. The summed E-state index contributed by atoms with van der Waals surface area (Å²) in [7, 11) is 0. The lowest BCUT2D eigenvalue weighted by molar-refractivity contribution is -0.0288. The summed E-state index contributed by atoms with van der Waals surface area (Å²) >= 11 is 0. The minimum atomic E-state index is -0.600. The first kappa shape index (κ1) is 55.6. The molecular formula is C54H75NO14. The van der Waals surface area contributed by atoms with Gasteiger partial charge in [0.15, 0.2) is 0 Å². The maximum atomic E-state index is 12.3. The molecule has 0 saturated heterocycles. The summed E-state index contributed by atoms with van der Waals surface area (Å²) < 4.78 is 72.3. The van der Waals surface area contributed by atoms with Crippen molar-refractivity contribution in [3.63, 3.8) is 0 Å². The molecule has 0 radical (unpaired) electrons. The standard InChI is InChI=1S/C54H75NO14/c1-43(2)47-9-6-10-49(41-47)54(3,4)55-53(56)69-40-39-67-36-35-65-32-31-63-28-27-61-24-23-59-20-19-57-17-18-58-21-22-60-25-26-62-29-30-64-33-34-66-37-38-68-42-48-14-13-46-12-11-44-7-5-8-45-15-16-50(48)52(46)51(44)45/h5-16,41H,1,17-40,42H2,2-4H3,(H,55,56). The first-order valence-electron chi connectivity index (χ1n) is 24.1. The Kier molecular flexibility index (Phi) is 26.8. The van der Waals surface area contributed by atoms with Crippen molar-refractivity contribution in [3.8, 4) is 0 Å². The van der Waals surface area contributed by atoms with Gasteiger partial charge in [-0.25, -0.2) is 4.79 Å². The molecule has 0 fully saturated rings. The number of amides is 1. The van der Waals surface area contributed by atoms with Gasteiger partial charge in [-0.1, -0.05) is 84.9 Å². The van der Waals surface area contributed by atoms with E-state index < -0.39 is 11.6 Å². The number of hydrogen-bond donors (Lipinski definition) is 1. The molecule has 0 saturated carbocycles. The topological polar surface area (TPSA) is 149 Å². The van der Waals surface area contributed by atoms with E-state index in [1.807, 2.05) is 45.0 Å². The molecule has 69 heavy (non-hydrogen) atoms. The minimum Gasteiger partial charge on any atom is -0.447 e. The van der Waals surface area contributed by atoms with E-state index >= 15 is 0 Å². The van der Waals surface area contributed by atoms with Crippen LogP contribution in [0.25, 0.3) is 37.9 Å². The summed E-state index contributed by atoms with van der Waals surface area (Å²) in [5.74, 6) is 0. The van der Waals surface area contributed by atoms with Crippen molar-refractivity contribution in [2.75, 3.05) is 159 Å². The van der Waals surface area contributed by atoms with Gasteiger partial charge in [0.05, 0.1) is 164 Å². The monoisotopic (exact) mass is 962 g/mol. The van der Waals surface area contributed by atoms with E-state index in [4.69, 9.17) is 61.6 Å². The molecular weight excluding hydrogens is 887 g/mol. The molecule has 0 spiro atoms. The highest BCUT2D eigenvalue weighted by atomic mass is 16.6. The van der Waals surface area contributed by atoms with Gasteiger partial charge in [0, 0.05) is 0 Å². The predicted octanol–water partition coefficient (Wildman–Crippen LogP) is 7.98. The Labute approximate surface area is 408 Å². The van der Waals surface area contributed by atoms with Crippen molar-refractivity contribution < 1.29 is 66.4 Å². The van der Waals surface area contributed by atoms with Gasteiger partial charge in [-0.2, -0.15) is 0 Å². The average molecular weight is 962 g/mol. The second kappa shape index (κ2) is 33.3. The van der Waals surface area contributed by atoms with Crippen LogP contribution >= 0.6 is 0 Å². The van der Waals surface area contributed by atoms with Gasteiger partial charge in [-0.05, 0) is 75.8 Å². The molecule has 1 amide bonds. The van der Waals surface area contributed by atoms with Crippen LogP contribution in [0.2, 0.25) is 0 Å². The van der Waals surface area contributed by atoms with Gasteiger partial charge < -0.3 is 66.9 Å². The van der Waals surface area contributed by atoms with Crippen molar-refractivity contribution >= 4 is 44.0 Å². The van der Waals surface area contributed by atoms with E-state index in [2.05, 4.69) is 66.5 Å². The Hall–Kier alpha value is -4.33. The third-order valence-electron chi connectivity index (χ3n) is 10.9. The second-order valence-electron chi connectivity index (χ2n) is 16.6. The van der Waals surface area contributed by atoms with E-state index in [9.17, 15) is 4.79 Å². The highest BCUT2D eigenvalue weighted by Gasteiger charge is 2.24. The first-order chi connectivity index (χ1) is 33.8. The third kappa shape index (κ3) is 21.3. The van der Waals surface area contributed by atoms with Gasteiger partial charge >= 0.3 is 6.09 Å². The van der Waals surface area contributed by atoms with Gasteiger partial charge in [0.1, 0.15) is 6.61 Å². The van der Waals surface area contributed by atoms with Crippen LogP contribution in [0.5, 0.6) is 0 Å². The number of alkyl carbamates (subject to hydrolysis) is 1. The van der Waals surface area contributed by atoms with Crippen LogP contribution in [0.4, 0.5) is 4.79 Å². The second-order valence-corrected chi connectivity index (χ2v) is 16.6. The minimum absolute atomic E-state index is 0.143. The zero-order valence-electron chi connectivity index (χ0n) is 41.1. The zero-order chi connectivity index (χ0) is 48.6. The number of nitrogens with one attached hydrogen (secondary N) is 1. The fourth-order valence-electron chi connectivity index (χ4n) is 7.25. The molecule has 0 atom stereocenters. The first-order valence-corrected chi connectivity index (χ1v) is 24.1. The molecule has 5 rings (SSSR count). The van der Waals surface area contributed by atoms with E-state index in [-0.39, 0.29) is 13.2 Å². The molecule has 0 bridgehead atoms. The molecule has 0 aliphatic rings. The molecule has 5 aromatic rings. The summed E-state index contributed by atoms with van der Waals surface area (Å²) in [6, 6.07) is 27.6. The van der Waals surface area contributed by atoms with Crippen LogP contribution in [-0.2, 0) is 73.7 Å². The fraction of sp³-hybridized carbons (Fsp3) is 0.537. The number of hydrogen-bond acceptors (Lipinski definition) is 14. The molecule has 0 heterocycles. The zero-order valence-corrected chi connectivity index (χ0v) is 41.1. The number of allylic oxidation sites excluding steroid dienone is 1. The van der Waals surface area contributed by atoms with Crippen LogP contribution in [0, 0.1) is 0 Å². The highest BCUT2D eigenvalue weighted by Crippen LogP contribution is 2.36. The number of ether oxygens (including phenoxy) is 13. The quantitative estimate of drug-likeness (QED) is 0.0298. The van der Waals surface area contributed by atoms with Crippen LogP contribution in [0.1, 0.15) is 37.5 Å². The van der Waals surface area contributed by atoms with E-state index in [0.717, 1.165) is 16.7 Å². The van der Waals surface area contributed by atoms with Crippen LogP contribution in [0.15, 0.2) is 85.4 Å². The smallest absolute Gasteiger partial charge is 0.407 e. The van der Waals surface area contributed by atoms with Crippen molar-refractivity contribution in [2.45, 2.75) is 32.9 Å². The lowest BCUT2D eigenvalue weighted by atomic mass is 9.92. The molecule has 380 valence electrons. The molecule has 0 unspecified atom stereocenters. The van der Waals surface area contributed by atoms with E-state index in [1.165, 1.54) is 37.9 Å². The maximum absolute atomic E-state index is 12.3. The molecule has 0 aromatic heterocycles. The Morgan fingerprint density at radius 2 is 0.812 bits per heavy atom. The lowest BCUT2D eigenvalue weighted by Crippen LogP contribution is -2.41. The fourth-order valence-corrected chi connectivity index (χ4v) is 7.25. The summed E-state index contributed by atoms with van der Waals surface area (Å²) in [5.41, 5.74) is 3.55. The number of carbonyl (C=O) groups is 1. The normalized spacial score (nSPS) is 11.9. The van der Waals surface area contributed by atoms with Crippen LogP contribution < -0.4 is 5.32 Å². The predicted molar refractivity (Wildman–Crippen MR) is 267 cm³/mol. The maximum Gasteiger partial charge on any atom is 0.407 e. The molecule has 15 nitrogen and oxygen atoms in total. The van der Waals surface area contributed by atoms with Gasteiger partial charge in [0.25, 0.3) is 0 Å². The lowest BCUT2D eigenvalue weighted by Gasteiger charge is -2.27. The summed E-state index contributed by atoms with van der Waals surface area (Å²) in [4.78, 5) is 12.3. The van der Waals surface area contributed by atoms with E-state index in [1.54, 1.807) is 0 Å². The highest BCUT2D eigenvalue weighted by molar-refractivity contribution is 6.23. The summed E-state index contributed by atoms with van der Waals surface area (Å²) in [6.45, 7) is 21.3. The summed E-state index contributed by atoms with van der Waals surface area (Å²) in [6.07, 6.45) is -0.501. The molecule has 0 aliphatic carbocycles. The Morgan fingerprint density at radius 1 is 0.449 bits per heavy atom. The largest absolute Gasteiger partial charge is 0.447 e. The average Bonchev–Trinajstić information content (AvgIpc) is 3.35. The Morgan fingerprint density at radius 3 is 1.25 bits per heavy atom. The van der Waals surface area contributed by atoms with Crippen LogP contribution in [-0.4, -0.2) is 165 Å². The number of benzene rings is 5. The molecule has 0 aliphatic heterocycles. The molecule has 5 aromatic carbocycles. The third-order valence-corrected chi connectivity index (χ3v) is 10.9. The van der Waals surface area contributed by atoms with Crippen molar-refractivity contribution in [1.82, 2.24) is 5.32 Å². The SMILES string of the molecule is C=C(C)c1cccc(C(C)(C)NC(=O)OCCOCCOCCOCCOCCOCCOCCOCCOCCOCCOCCOCCOCc2ccc3ccc4cccc5ccc2c3c45)c1. The van der Waals surface area contributed by atoms with Crippen molar-refractivity contribution in [3.05, 3.63) is 102 Å². The van der Waals surface area contributed by atoms with E-state index in [0.29, 0.717) is 152 Å². The Balaban J connectivity index is 0.673. The Bertz CT molecular complexity index is 2150. The summed E-state index contributed by atoms with van der Waals surface area (Å²) in [5, 5.41) is 10.6. The molecule has 15 heteroatoms. The van der Waals surface area contributed by atoms with Gasteiger partial charge in [-0.3, -0.25) is 0 Å². The van der Waals surface area contributed by atoms with Gasteiger partial charge in [-0.15, -0.1) is 0 Å². The van der Waals surface area contributed by atoms with Crippen molar-refractivity contribution in [1.29, 1.82) is 0 Å². The van der Waals surface area contributed by atoms with Gasteiger partial charge in [0.2, 0.25) is 0 Å². The van der Waals surface area contributed by atoms with Crippen molar-refractivity contribution in [2.24, 2.45) is 0 Å².